The van der Waals surface area contributed by atoms with Crippen molar-refractivity contribution in [3.05, 3.63) is 89.5 Å². The van der Waals surface area contributed by atoms with Crippen molar-refractivity contribution in [2.75, 3.05) is 24.1 Å². The number of Topliss-reactive ketones (excluding diaryl/α,β-unsaturated/α-hetero) is 1. The fourth-order valence-electron chi connectivity index (χ4n) is 3.67. The number of rotatable bonds is 8. The Kier molecular flexibility index (Phi) is 6.46. The molecule has 1 aliphatic rings. The number of fused-ring (bicyclic) bond motifs is 1. The number of carbonyl (C=O) groups is 2. The Labute approximate surface area is 192 Å². The number of sulfonamides is 1. The molecule has 4 rings (SSSR count). The van der Waals surface area contributed by atoms with Crippen molar-refractivity contribution in [2.24, 2.45) is 0 Å². The number of anilines is 1. The van der Waals surface area contributed by atoms with Crippen molar-refractivity contribution in [1.82, 2.24) is 0 Å². The second kappa shape index (κ2) is 9.46. The van der Waals surface area contributed by atoms with Crippen molar-refractivity contribution in [2.45, 2.75) is 18.2 Å². The quantitative estimate of drug-likeness (QED) is 0.371. The second-order valence-electron chi connectivity index (χ2n) is 7.44. The van der Waals surface area contributed by atoms with Crippen LogP contribution < -0.4 is 9.04 Å². The Morgan fingerprint density at radius 1 is 0.939 bits per heavy atom. The number of hydrogen-bond donors (Lipinski definition) is 0. The van der Waals surface area contributed by atoms with Gasteiger partial charge in [0.15, 0.2) is 12.4 Å². The van der Waals surface area contributed by atoms with Crippen molar-refractivity contribution in [1.29, 1.82) is 0 Å². The number of ether oxygens (including phenoxy) is 2. The molecule has 0 N–H and O–H groups in total. The minimum atomic E-state index is -3.84. The van der Waals surface area contributed by atoms with E-state index in [1.54, 1.807) is 36.4 Å². The molecule has 8 heteroatoms. The van der Waals surface area contributed by atoms with E-state index in [-0.39, 0.29) is 16.2 Å². The van der Waals surface area contributed by atoms with Gasteiger partial charge in [-0.3, -0.25) is 9.10 Å². The molecule has 0 amide bonds. The van der Waals surface area contributed by atoms with Crippen LogP contribution in [0.5, 0.6) is 5.75 Å². The molecule has 0 saturated heterocycles. The highest BCUT2D eigenvalue weighted by Crippen LogP contribution is 2.32. The maximum atomic E-state index is 13.2. The zero-order valence-electron chi connectivity index (χ0n) is 18.1. The molecule has 0 spiro atoms. The Morgan fingerprint density at radius 2 is 1.70 bits per heavy atom. The lowest BCUT2D eigenvalue weighted by atomic mass is 10.1. The topological polar surface area (TPSA) is 90.0 Å². The molecule has 7 nitrogen and oxygen atoms in total. The number of para-hydroxylation sites is 1. The van der Waals surface area contributed by atoms with Crippen LogP contribution in [-0.4, -0.2) is 39.9 Å². The van der Waals surface area contributed by atoms with Gasteiger partial charge >= 0.3 is 5.97 Å². The molecular weight excluding hydrogens is 442 g/mol. The summed E-state index contributed by atoms with van der Waals surface area (Å²) in [5, 5.41) is 0. The summed E-state index contributed by atoms with van der Waals surface area (Å²) in [6, 6.07) is 19.5. The van der Waals surface area contributed by atoms with Gasteiger partial charge in [0.1, 0.15) is 5.75 Å². The van der Waals surface area contributed by atoms with Crippen molar-refractivity contribution >= 4 is 27.5 Å². The van der Waals surface area contributed by atoms with Gasteiger partial charge < -0.3 is 9.47 Å². The third kappa shape index (κ3) is 4.75. The monoisotopic (exact) mass is 465 g/mol. The van der Waals surface area contributed by atoms with E-state index in [9.17, 15) is 18.0 Å². The van der Waals surface area contributed by atoms with Crippen molar-refractivity contribution < 1.29 is 27.5 Å². The Morgan fingerprint density at radius 3 is 2.45 bits per heavy atom. The maximum absolute atomic E-state index is 13.2. The van der Waals surface area contributed by atoms with Crippen molar-refractivity contribution in [3.8, 4) is 5.75 Å². The van der Waals surface area contributed by atoms with E-state index in [4.69, 9.17) is 9.47 Å². The fourth-order valence-corrected chi connectivity index (χ4v) is 5.22. The highest BCUT2D eigenvalue weighted by atomic mass is 32.2. The average molecular weight is 466 g/mol. The van der Waals surface area contributed by atoms with Gasteiger partial charge in [0, 0.05) is 12.1 Å². The van der Waals surface area contributed by atoms with Crippen LogP contribution >= 0.6 is 0 Å². The SMILES string of the molecule is CCOc1ccc(C(=O)COC(=O)c2cccc(S(=O)(=O)N3CCc4ccccc43)c2)cc1. The van der Waals surface area contributed by atoms with E-state index < -0.39 is 22.6 Å². The normalized spacial score (nSPS) is 12.8. The first kappa shape index (κ1) is 22.5. The third-order valence-corrected chi connectivity index (χ3v) is 7.13. The first-order chi connectivity index (χ1) is 15.9. The molecule has 3 aromatic rings. The maximum Gasteiger partial charge on any atom is 0.338 e. The highest BCUT2D eigenvalue weighted by molar-refractivity contribution is 7.92. The van der Waals surface area contributed by atoms with Crippen LogP contribution in [-0.2, 0) is 21.2 Å². The van der Waals surface area contributed by atoms with Gasteiger partial charge in [-0.2, -0.15) is 0 Å². The van der Waals surface area contributed by atoms with Crippen molar-refractivity contribution in [3.63, 3.8) is 0 Å². The fraction of sp³-hybridized carbons (Fsp3) is 0.200. The van der Waals surface area contributed by atoms with Gasteiger partial charge in [-0.05, 0) is 67.4 Å². The molecule has 33 heavy (non-hydrogen) atoms. The summed E-state index contributed by atoms with van der Waals surface area (Å²) in [5.41, 5.74) is 2.05. The number of benzene rings is 3. The molecule has 1 heterocycles. The molecule has 0 aromatic heterocycles. The molecular formula is C25H23NO6S. The number of nitrogens with zero attached hydrogens (tertiary/aromatic N) is 1. The van der Waals surface area contributed by atoms with E-state index in [0.29, 0.717) is 36.6 Å². The number of carbonyl (C=O) groups excluding carboxylic acids is 2. The molecule has 3 aromatic carbocycles. The first-order valence-electron chi connectivity index (χ1n) is 10.5. The minimum Gasteiger partial charge on any atom is -0.494 e. The predicted molar refractivity (Wildman–Crippen MR) is 123 cm³/mol. The highest BCUT2D eigenvalue weighted by Gasteiger charge is 2.31. The first-order valence-corrected chi connectivity index (χ1v) is 12.0. The smallest absolute Gasteiger partial charge is 0.338 e. The molecule has 0 unspecified atom stereocenters. The van der Waals surface area contributed by atoms with Gasteiger partial charge in [0.05, 0.1) is 22.8 Å². The summed E-state index contributed by atoms with van der Waals surface area (Å²) >= 11 is 0. The molecule has 0 aliphatic carbocycles. The largest absolute Gasteiger partial charge is 0.494 e. The number of ketones is 1. The summed E-state index contributed by atoms with van der Waals surface area (Å²) in [4.78, 5) is 24.9. The van der Waals surface area contributed by atoms with Crippen LogP contribution in [0.1, 0.15) is 33.2 Å². The zero-order chi connectivity index (χ0) is 23.4. The van der Waals surface area contributed by atoms with Gasteiger partial charge in [-0.1, -0.05) is 24.3 Å². The Balaban J connectivity index is 1.45. The van der Waals surface area contributed by atoms with Gasteiger partial charge in [-0.15, -0.1) is 0 Å². The molecule has 0 bridgehead atoms. The standard InChI is InChI=1S/C25H23NO6S/c1-2-31-21-12-10-19(11-13-21)24(27)17-32-25(28)20-7-5-8-22(16-20)33(29,30)26-15-14-18-6-3-4-9-23(18)26/h3-13,16H,2,14-15,17H2,1H3. The second-order valence-corrected chi connectivity index (χ2v) is 9.30. The number of esters is 1. The van der Waals surface area contributed by atoms with Gasteiger partial charge in [-0.25, -0.2) is 13.2 Å². The van der Waals surface area contributed by atoms with Gasteiger partial charge in [0.25, 0.3) is 10.0 Å². The van der Waals surface area contributed by atoms with E-state index in [1.807, 2.05) is 19.1 Å². The molecule has 0 radical (unpaired) electrons. The predicted octanol–water partition coefficient (Wildman–Crippen LogP) is 3.88. The summed E-state index contributed by atoms with van der Waals surface area (Å²) < 4.78 is 38.2. The van der Waals surface area contributed by atoms with E-state index >= 15 is 0 Å². The van der Waals surface area contributed by atoms with E-state index in [1.165, 1.54) is 28.6 Å². The lowest BCUT2D eigenvalue weighted by Crippen LogP contribution is -2.29. The molecule has 0 atom stereocenters. The van der Waals surface area contributed by atoms with Crippen LogP contribution in [0.2, 0.25) is 0 Å². The van der Waals surface area contributed by atoms with Crippen LogP contribution in [0, 0.1) is 0 Å². The lowest BCUT2D eigenvalue weighted by molar-refractivity contribution is 0.0474. The van der Waals surface area contributed by atoms with Gasteiger partial charge in [0.2, 0.25) is 0 Å². The average Bonchev–Trinajstić information content (AvgIpc) is 3.28. The molecule has 0 saturated carbocycles. The molecule has 1 aliphatic heterocycles. The Hall–Kier alpha value is -3.65. The Bertz CT molecular complexity index is 1280. The summed E-state index contributed by atoms with van der Waals surface area (Å²) in [5.74, 6) is -0.498. The lowest BCUT2D eigenvalue weighted by Gasteiger charge is -2.19. The van der Waals surface area contributed by atoms with Crippen LogP contribution in [0.15, 0.2) is 77.7 Å². The summed E-state index contributed by atoms with van der Waals surface area (Å²) in [6.45, 7) is 2.27. The number of hydrogen-bond acceptors (Lipinski definition) is 6. The van der Waals surface area contributed by atoms with E-state index in [2.05, 4.69) is 0 Å². The van der Waals surface area contributed by atoms with Crippen LogP contribution in [0.3, 0.4) is 0 Å². The third-order valence-electron chi connectivity index (χ3n) is 5.32. The summed E-state index contributed by atoms with van der Waals surface area (Å²) in [6.07, 6.45) is 0.630. The molecule has 170 valence electrons. The minimum absolute atomic E-state index is 0.00788. The molecule has 0 fully saturated rings. The summed E-state index contributed by atoms with van der Waals surface area (Å²) in [7, 11) is -3.84. The zero-order valence-corrected chi connectivity index (χ0v) is 18.9. The van der Waals surface area contributed by atoms with Crippen LogP contribution in [0.25, 0.3) is 0 Å². The van der Waals surface area contributed by atoms with Crippen LogP contribution in [0.4, 0.5) is 5.69 Å². The van der Waals surface area contributed by atoms with E-state index in [0.717, 1.165) is 5.56 Å².